The first-order valence-corrected chi connectivity index (χ1v) is 15.4. The molecule has 6 atom stereocenters. The Balaban J connectivity index is 1.56. The maximum Gasteiger partial charge on any atom is -0.00796 e. The molecule has 0 saturated heterocycles. The molecule has 0 unspecified atom stereocenters. The van der Waals surface area contributed by atoms with Crippen molar-refractivity contribution in [3.63, 3.8) is 0 Å². The van der Waals surface area contributed by atoms with Gasteiger partial charge in [0.25, 0.3) is 0 Å². The van der Waals surface area contributed by atoms with Crippen molar-refractivity contribution in [3.05, 3.63) is 11.1 Å². The van der Waals surface area contributed by atoms with Gasteiger partial charge in [-0.15, -0.1) is 0 Å². The molecule has 0 aromatic carbocycles. The van der Waals surface area contributed by atoms with E-state index in [-0.39, 0.29) is 0 Å². The highest BCUT2D eigenvalue weighted by atomic mass is 14.7. The summed E-state index contributed by atoms with van der Waals surface area (Å²) in [4.78, 5) is 0. The number of allylic oxidation sites excluding steroid dienone is 2. The average molecular weight is 455 g/mol. The molecule has 0 heterocycles. The zero-order chi connectivity index (χ0) is 23.9. The highest BCUT2D eigenvalue weighted by Gasteiger charge is 2.61. The van der Waals surface area contributed by atoms with E-state index in [1.807, 2.05) is 11.1 Å². The molecule has 3 fully saturated rings. The Labute approximate surface area is 208 Å². The van der Waals surface area contributed by atoms with Crippen molar-refractivity contribution in [3.8, 4) is 0 Å². The fourth-order valence-corrected chi connectivity index (χ4v) is 10.6. The second kappa shape index (κ2) is 10.0. The van der Waals surface area contributed by atoms with E-state index in [2.05, 4.69) is 48.5 Å². The summed E-state index contributed by atoms with van der Waals surface area (Å²) in [6.45, 7) is 17.8. The fourth-order valence-electron chi connectivity index (χ4n) is 10.6. The third kappa shape index (κ3) is 4.31. The molecule has 0 amide bonds. The van der Waals surface area contributed by atoms with Gasteiger partial charge in [-0.3, -0.25) is 0 Å². The van der Waals surface area contributed by atoms with Crippen LogP contribution >= 0.6 is 0 Å². The highest BCUT2D eigenvalue weighted by molar-refractivity contribution is 5.33. The first-order chi connectivity index (χ1) is 15.7. The maximum atomic E-state index is 2.79. The molecule has 4 aliphatic rings. The Morgan fingerprint density at radius 2 is 1.55 bits per heavy atom. The summed E-state index contributed by atoms with van der Waals surface area (Å²) in [7, 11) is 0. The maximum absolute atomic E-state index is 2.79. The molecule has 0 aliphatic heterocycles. The SMILES string of the molecule is CCCC1(CCC)CCC[C@H]2[C@H]3CCC4=C([C@H](C)CCCC(C)C)CC[C@]4(C)[C@@H]3CC[C@@]21C. The molecule has 0 nitrogen and oxygen atoms in total. The topological polar surface area (TPSA) is 0 Å². The predicted octanol–water partition coefficient (Wildman–Crippen LogP) is 10.8. The second-order valence-corrected chi connectivity index (χ2v) is 14.2. The van der Waals surface area contributed by atoms with Crippen LogP contribution in [0, 0.1) is 45.8 Å². The molecule has 0 spiro atoms. The van der Waals surface area contributed by atoms with Crippen molar-refractivity contribution in [2.75, 3.05) is 0 Å². The zero-order valence-electron chi connectivity index (χ0n) is 23.7. The van der Waals surface area contributed by atoms with Crippen molar-refractivity contribution in [2.24, 2.45) is 45.8 Å². The number of hydrogen-bond donors (Lipinski definition) is 0. The van der Waals surface area contributed by atoms with E-state index >= 15 is 0 Å². The number of fused-ring (bicyclic) bond motifs is 5. The van der Waals surface area contributed by atoms with Gasteiger partial charge in [-0.25, -0.2) is 0 Å². The highest BCUT2D eigenvalue weighted by Crippen LogP contribution is 2.71. The number of rotatable bonds is 9. The van der Waals surface area contributed by atoms with Gasteiger partial charge in [-0.1, -0.05) is 91.7 Å². The van der Waals surface area contributed by atoms with E-state index in [1.54, 1.807) is 6.42 Å². The van der Waals surface area contributed by atoms with Crippen LogP contribution in [-0.2, 0) is 0 Å². The molecule has 33 heavy (non-hydrogen) atoms. The van der Waals surface area contributed by atoms with E-state index in [0.29, 0.717) is 16.2 Å². The van der Waals surface area contributed by atoms with Crippen LogP contribution in [-0.4, -0.2) is 0 Å². The minimum Gasteiger partial charge on any atom is -0.0676 e. The van der Waals surface area contributed by atoms with Crippen LogP contribution in [0.25, 0.3) is 0 Å². The minimum atomic E-state index is 0.543. The van der Waals surface area contributed by atoms with Crippen LogP contribution in [0.5, 0.6) is 0 Å². The lowest BCUT2D eigenvalue weighted by Gasteiger charge is -2.65. The Bertz CT molecular complexity index is 685. The number of hydrogen-bond acceptors (Lipinski definition) is 0. The van der Waals surface area contributed by atoms with Crippen molar-refractivity contribution in [2.45, 2.75) is 151 Å². The lowest BCUT2D eigenvalue weighted by molar-refractivity contribution is -0.150. The van der Waals surface area contributed by atoms with Crippen LogP contribution in [0.15, 0.2) is 11.1 Å². The van der Waals surface area contributed by atoms with Crippen molar-refractivity contribution < 1.29 is 0 Å². The van der Waals surface area contributed by atoms with Gasteiger partial charge >= 0.3 is 0 Å². The molecule has 0 aromatic rings. The average Bonchev–Trinajstić information content (AvgIpc) is 3.12. The molecule has 0 N–H and O–H groups in total. The molecular weight excluding hydrogens is 396 g/mol. The fraction of sp³-hybridized carbons (Fsp3) is 0.939. The third-order valence-electron chi connectivity index (χ3n) is 12.2. The van der Waals surface area contributed by atoms with Gasteiger partial charge < -0.3 is 0 Å². The molecule has 4 rings (SSSR count). The van der Waals surface area contributed by atoms with E-state index < -0.39 is 0 Å². The van der Waals surface area contributed by atoms with Gasteiger partial charge in [0.1, 0.15) is 0 Å². The first kappa shape index (κ1) is 25.8. The first-order valence-electron chi connectivity index (χ1n) is 15.4. The standard InChI is InChI=1S/C33H58/c1-8-19-33(20-9-2)21-11-14-30-27-15-16-28-26(25(5)13-10-12-24(3)4)17-22-31(28,6)29(27)18-23-32(30,33)7/h24-25,27,29-30H,8-23H2,1-7H3/t25-,27+,29-,30+,31+,32+/m1/s1. The van der Waals surface area contributed by atoms with Crippen molar-refractivity contribution in [1.29, 1.82) is 0 Å². The Kier molecular flexibility index (Phi) is 7.83. The molecule has 0 radical (unpaired) electrons. The molecule has 4 aliphatic carbocycles. The summed E-state index contributed by atoms with van der Waals surface area (Å²) in [6.07, 6.45) is 23.5. The largest absolute Gasteiger partial charge is 0.0676 e. The molecule has 3 saturated carbocycles. The minimum absolute atomic E-state index is 0.543. The van der Waals surface area contributed by atoms with Crippen molar-refractivity contribution in [1.82, 2.24) is 0 Å². The van der Waals surface area contributed by atoms with E-state index in [0.717, 1.165) is 29.6 Å². The summed E-state index contributed by atoms with van der Waals surface area (Å²) in [5, 5.41) is 0. The van der Waals surface area contributed by atoms with Gasteiger partial charge in [-0.05, 0) is 116 Å². The van der Waals surface area contributed by atoms with Crippen LogP contribution in [0.1, 0.15) is 151 Å². The monoisotopic (exact) mass is 454 g/mol. The van der Waals surface area contributed by atoms with E-state index in [9.17, 15) is 0 Å². The summed E-state index contributed by atoms with van der Waals surface area (Å²) < 4.78 is 0. The zero-order valence-corrected chi connectivity index (χ0v) is 23.7. The Morgan fingerprint density at radius 1 is 0.818 bits per heavy atom. The van der Waals surface area contributed by atoms with E-state index in [4.69, 9.17) is 0 Å². The Hall–Kier alpha value is -0.260. The quantitative estimate of drug-likeness (QED) is 0.304. The summed E-state index contributed by atoms with van der Waals surface area (Å²) >= 11 is 0. The molecular formula is C33H58. The summed E-state index contributed by atoms with van der Waals surface area (Å²) in [6, 6.07) is 0. The van der Waals surface area contributed by atoms with Crippen LogP contribution in [0.3, 0.4) is 0 Å². The normalized spacial score (nSPS) is 38.7. The Morgan fingerprint density at radius 3 is 2.21 bits per heavy atom. The lowest BCUT2D eigenvalue weighted by atomic mass is 9.39. The smallest absolute Gasteiger partial charge is 0.00796 e. The third-order valence-corrected chi connectivity index (χ3v) is 12.2. The van der Waals surface area contributed by atoms with Gasteiger partial charge in [0.15, 0.2) is 0 Å². The van der Waals surface area contributed by atoms with Gasteiger partial charge in [0.2, 0.25) is 0 Å². The van der Waals surface area contributed by atoms with Gasteiger partial charge in [-0.2, -0.15) is 0 Å². The van der Waals surface area contributed by atoms with E-state index in [1.165, 1.54) is 96.3 Å². The van der Waals surface area contributed by atoms with Gasteiger partial charge in [0, 0.05) is 0 Å². The van der Waals surface area contributed by atoms with Crippen molar-refractivity contribution >= 4 is 0 Å². The van der Waals surface area contributed by atoms with Crippen LogP contribution < -0.4 is 0 Å². The summed E-state index contributed by atoms with van der Waals surface area (Å²) in [5.74, 6) is 4.70. The van der Waals surface area contributed by atoms with Gasteiger partial charge in [0.05, 0.1) is 0 Å². The second-order valence-electron chi connectivity index (χ2n) is 14.2. The molecule has 190 valence electrons. The molecule has 0 aromatic heterocycles. The lowest BCUT2D eigenvalue weighted by Crippen LogP contribution is -2.57. The summed E-state index contributed by atoms with van der Waals surface area (Å²) in [5.41, 5.74) is 5.72. The van der Waals surface area contributed by atoms with Crippen LogP contribution in [0.4, 0.5) is 0 Å². The molecule has 0 bridgehead atoms. The van der Waals surface area contributed by atoms with Crippen LogP contribution in [0.2, 0.25) is 0 Å². The predicted molar refractivity (Wildman–Crippen MR) is 145 cm³/mol. The molecule has 0 heteroatoms.